The molecule has 0 spiro atoms. The van der Waals surface area contributed by atoms with Gasteiger partial charge in [0, 0.05) is 19.5 Å². The van der Waals surface area contributed by atoms with Crippen LogP contribution in [-0.2, 0) is 32.6 Å². The van der Waals surface area contributed by atoms with Crippen LogP contribution in [0.2, 0.25) is 0 Å². The van der Waals surface area contributed by atoms with Gasteiger partial charge in [0.15, 0.2) is 0 Å². The van der Waals surface area contributed by atoms with Crippen molar-refractivity contribution in [2.24, 2.45) is 5.92 Å². The Kier molecular flexibility index (Phi) is 11.1. The van der Waals surface area contributed by atoms with Crippen LogP contribution in [0.3, 0.4) is 0 Å². The predicted molar refractivity (Wildman–Crippen MR) is 171 cm³/mol. The molecule has 0 aromatic heterocycles. The molecule has 7 nitrogen and oxygen atoms in total. The quantitative estimate of drug-likeness (QED) is 0.199. The maximum absolute atomic E-state index is 15.2. The van der Waals surface area contributed by atoms with Crippen molar-refractivity contribution in [1.82, 2.24) is 10.2 Å². The number of para-hydroxylation sites is 1. The molecule has 0 unspecified atom stereocenters. The third kappa shape index (κ3) is 8.76. The number of nitrogens with one attached hydrogen (secondary N) is 1. The van der Waals surface area contributed by atoms with E-state index in [2.05, 4.69) is 5.32 Å². The highest BCUT2D eigenvalue weighted by atomic mass is 32.2. The summed E-state index contributed by atoms with van der Waals surface area (Å²) in [6.07, 6.45) is 0.127. The van der Waals surface area contributed by atoms with Crippen LogP contribution in [0, 0.1) is 24.5 Å². The first-order chi connectivity index (χ1) is 21.5. The smallest absolute Gasteiger partial charge is 0.264 e. The first kappa shape index (κ1) is 33.3. The van der Waals surface area contributed by atoms with E-state index in [-0.39, 0.29) is 29.5 Å². The molecule has 0 radical (unpaired) electrons. The summed E-state index contributed by atoms with van der Waals surface area (Å²) in [4.78, 5) is 29.3. The molecule has 10 heteroatoms. The summed E-state index contributed by atoms with van der Waals surface area (Å²) < 4.78 is 57.7. The van der Waals surface area contributed by atoms with Gasteiger partial charge in [-0.3, -0.25) is 13.9 Å². The molecule has 0 saturated heterocycles. The topological polar surface area (TPSA) is 86.8 Å². The first-order valence-electron chi connectivity index (χ1n) is 14.6. The zero-order valence-electron chi connectivity index (χ0n) is 25.5. The SMILES string of the molecule is Cc1ccc(S(=O)(=O)N(CC(=O)N(Cc2ccc(F)cc2)[C@H](Cc2ccccc2)C(=O)NCC(C)C)c2ccccc2F)cc1. The fraction of sp³-hybridized carbons (Fsp3) is 0.257. The van der Waals surface area contributed by atoms with Crippen LogP contribution in [0.15, 0.2) is 108 Å². The molecule has 0 aliphatic rings. The van der Waals surface area contributed by atoms with Crippen molar-refractivity contribution < 1.29 is 26.8 Å². The van der Waals surface area contributed by atoms with Crippen LogP contribution in [-0.4, -0.2) is 44.3 Å². The highest BCUT2D eigenvalue weighted by Gasteiger charge is 2.35. The summed E-state index contributed by atoms with van der Waals surface area (Å²) in [6, 6.07) is 24.9. The lowest BCUT2D eigenvalue weighted by Crippen LogP contribution is -2.53. The summed E-state index contributed by atoms with van der Waals surface area (Å²) in [6.45, 7) is 5.12. The number of anilines is 1. The first-order valence-corrected chi connectivity index (χ1v) is 16.1. The molecular formula is C35H37F2N3O4S. The van der Waals surface area contributed by atoms with Crippen molar-refractivity contribution in [3.05, 3.63) is 131 Å². The van der Waals surface area contributed by atoms with Crippen LogP contribution in [0.4, 0.5) is 14.5 Å². The molecule has 45 heavy (non-hydrogen) atoms. The number of amides is 2. The Bertz CT molecular complexity index is 1700. The molecule has 0 aliphatic heterocycles. The average Bonchev–Trinajstić information content (AvgIpc) is 3.02. The Labute approximate surface area is 263 Å². The lowest BCUT2D eigenvalue weighted by atomic mass is 10.0. The molecule has 0 fully saturated rings. The second kappa shape index (κ2) is 14.9. The number of hydrogen-bond donors (Lipinski definition) is 1. The number of halogens is 2. The van der Waals surface area contributed by atoms with Gasteiger partial charge in [0.1, 0.15) is 24.2 Å². The molecule has 1 atom stereocenters. The van der Waals surface area contributed by atoms with Gasteiger partial charge in [-0.05, 0) is 60.4 Å². The Morgan fingerprint density at radius 3 is 2.04 bits per heavy atom. The van der Waals surface area contributed by atoms with E-state index in [4.69, 9.17) is 0 Å². The fourth-order valence-electron chi connectivity index (χ4n) is 4.77. The molecule has 236 valence electrons. The van der Waals surface area contributed by atoms with E-state index in [0.717, 1.165) is 21.5 Å². The molecular weight excluding hydrogens is 596 g/mol. The highest BCUT2D eigenvalue weighted by Crippen LogP contribution is 2.27. The maximum atomic E-state index is 15.2. The zero-order valence-corrected chi connectivity index (χ0v) is 26.3. The van der Waals surface area contributed by atoms with Crippen molar-refractivity contribution in [2.75, 3.05) is 17.4 Å². The zero-order chi connectivity index (χ0) is 32.6. The second-order valence-corrected chi connectivity index (χ2v) is 13.1. The molecule has 0 saturated carbocycles. The lowest BCUT2D eigenvalue weighted by Gasteiger charge is -2.34. The number of nitrogens with zero attached hydrogens (tertiary/aromatic N) is 2. The predicted octanol–water partition coefficient (Wildman–Crippen LogP) is 5.88. The standard InChI is InChI=1S/C35H37F2N3O4S/c1-25(2)22-38-35(42)33(21-27-9-5-4-6-10-27)39(23-28-15-17-29(36)18-16-28)34(41)24-40(32-12-8-7-11-31(32)37)45(43,44)30-19-13-26(3)14-20-30/h4-20,25,33H,21-24H2,1-3H3,(H,38,42)/t33-/m1/s1. The highest BCUT2D eigenvalue weighted by molar-refractivity contribution is 7.92. The van der Waals surface area contributed by atoms with Crippen molar-refractivity contribution in [1.29, 1.82) is 0 Å². The molecule has 4 aromatic rings. The van der Waals surface area contributed by atoms with Gasteiger partial charge >= 0.3 is 0 Å². The minimum Gasteiger partial charge on any atom is -0.354 e. The van der Waals surface area contributed by atoms with E-state index < -0.39 is 46.1 Å². The maximum Gasteiger partial charge on any atom is 0.264 e. The third-order valence-electron chi connectivity index (χ3n) is 7.23. The molecule has 0 aliphatic carbocycles. The van der Waals surface area contributed by atoms with Gasteiger partial charge in [-0.15, -0.1) is 0 Å². The Balaban J connectivity index is 1.80. The summed E-state index contributed by atoms with van der Waals surface area (Å²) in [5.41, 5.74) is 1.82. The van der Waals surface area contributed by atoms with Crippen molar-refractivity contribution in [2.45, 2.75) is 44.7 Å². The monoisotopic (exact) mass is 633 g/mol. The lowest BCUT2D eigenvalue weighted by molar-refractivity contribution is -0.140. The van der Waals surface area contributed by atoms with Crippen LogP contribution < -0.4 is 9.62 Å². The minimum atomic E-state index is -4.43. The van der Waals surface area contributed by atoms with Crippen molar-refractivity contribution >= 4 is 27.5 Å². The van der Waals surface area contributed by atoms with Gasteiger partial charge in [-0.2, -0.15) is 0 Å². The number of sulfonamides is 1. The summed E-state index contributed by atoms with van der Waals surface area (Å²) >= 11 is 0. The van der Waals surface area contributed by atoms with E-state index in [0.29, 0.717) is 12.1 Å². The van der Waals surface area contributed by atoms with Crippen LogP contribution in [0.5, 0.6) is 0 Å². The number of rotatable bonds is 13. The number of benzene rings is 4. The van der Waals surface area contributed by atoms with Gasteiger partial charge in [0.05, 0.1) is 10.6 Å². The second-order valence-electron chi connectivity index (χ2n) is 11.3. The fourth-order valence-corrected chi connectivity index (χ4v) is 6.19. The Hall–Kier alpha value is -4.57. The van der Waals surface area contributed by atoms with Gasteiger partial charge < -0.3 is 10.2 Å². The number of aryl methyl sites for hydroxylation is 1. The van der Waals surface area contributed by atoms with Crippen molar-refractivity contribution in [3.63, 3.8) is 0 Å². The minimum absolute atomic E-state index is 0.121. The number of hydrogen-bond acceptors (Lipinski definition) is 4. The molecule has 1 N–H and O–H groups in total. The summed E-state index contributed by atoms with van der Waals surface area (Å²) in [5, 5.41) is 2.90. The van der Waals surface area contributed by atoms with Crippen molar-refractivity contribution in [3.8, 4) is 0 Å². The van der Waals surface area contributed by atoms with E-state index in [9.17, 15) is 22.4 Å². The van der Waals surface area contributed by atoms with E-state index >= 15 is 4.39 Å². The van der Waals surface area contributed by atoms with Gasteiger partial charge in [-0.1, -0.05) is 86.1 Å². The average molecular weight is 634 g/mol. The van der Waals surface area contributed by atoms with Gasteiger partial charge in [0.25, 0.3) is 10.0 Å². The summed E-state index contributed by atoms with van der Waals surface area (Å²) in [7, 11) is -4.43. The molecule has 0 heterocycles. The van der Waals surface area contributed by atoms with E-state index in [1.807, 2.05) is 44.2 Å². The Morgan fingerprint density at radius 1 is 0.800 bits per heavy atom. The van der Waals surface area contributed by atoms with Crippen LogP contribution in [0.1, 0.15) is 30.5 Å². The van der Waals surface area contributed by atoms with Crippen LogP contribution >= 0.6 is 0 Å². The number of carbonyl (C=O) groups is 2. The van der Waals surface area contributed by atoms with Gasteiger partial charge in [0.2, 0.25) is 11.8 Å². The molecule has 2 amide bonds. The Morgan fingerprint density at radius 2 is 1.42 bits per heavy atom. The largest absolute Gasteiger partial charge is 0.354 e. The third-order valence-corrected chi connectivity index (χ3v) is 9.00. The van der Waals surface area contributed by atoms with E-state index in [1.54, 1.807) is 19.1 Å². The molecule has 0 bridgehead atoms. The van der Waals surface area contributed by atoms with Crippen LogP contribution in [0.25, 0.3) is 0 Å². The van der Waals surface area contributed by atoms with E-state index in [1.165, 1.54) is 59.5 Å². The van der Waals surface area contributed by atoms with Gasteiger partial charge in [-0.25, -0.2) is 17.2 Å². The summed E-state index contributed by atoms with van der Waals surface area (Å²) in [5.74, 6) is -2.34. The normalized spacial score (nSPS) is 12.0. The number of carbonyl (C=O) groups excluding carboxylic acids is 2. The molecule has 4 aromatic carbocycles. The molecule has 4 rings (SSSR count).